The van der Waals surface area contributed by atoms with Gasteiger partial charge in [-0.2, -0.15) is 0 Å². The van der Waals surface area contributed by atoms with E-state index in [1.807, 2.05) is 0 Å². The maximum atomic E-state index is 11.9. The maximum absolute atomic E-state index is 11.9. The number of carbonyl (C=O) groups is 2. The van der Waals surface area contributed by atoms with Gasteiger partial charge in [-0.1, -0.05) is 12.2 Å². The van der Waals surface area contributed by atoms with E-state index >= 15 is 0 Å². The lowest BCUT2D eigenvalue weighted by Gasteiger charge is -2.39. The third kappa shape index (κ3) is 2.79. The molecule has 1 aliphatic carbocycles. The molecule has 0 aromatic rings. The second kappa shape index (κ2) is 6.16. The van der Waals surface area contributed by atoms with Crippen LogP contribution >= 0.6 is 0 Å². The van der Waals surface area contributed by atoms with Gasteiger partial charge in [-0.05, 0) is 12.3 Å². The van der Waals surface area contributed by atoms with Crippen molar-refractivity contribution in [1.29, 1.82) is 0 Å². The van der Waals surface area contributed by atoms with E-state index in [4.69, 9.17) is 18.9 Å². The Labute approximate surface area is 111 Å². The third-order valence-electron chi connectivity index (χ3n) is 3.60. The average molecular weight is 270 g/mol. The standard InChI is InChI=1S/C13H18O6/c1-16-7-19-10-4-3-9(12(14)17-2)8-5-6-18-13(15)11(8)10/h3-4,8-11H,5-7H2,1-2H3/t8-,9-,10+,11-/m0/s1. The van der Waals surface area contributed by atoms with Crippen molar-refractivity contribution in [3.8, 4) is 0 Å². The number of rotatable bonds is 4. The Morgan fingerprint density at radius 1 is 1.42 bits per heavy atom. The normalized spacial score (nSPS) is 33.5. The Morgan fingerprint density at radius 2 is 2.21 bits per heavy atom. The van der Waals surface area contributed by atoms with E-state index in [0.29, 0.717) is 13.0 Å². The first-order valence-corrected chi connectivity index (χ1v) is 6.22. The molecule has 2 aliphatic rings. The first-order valence-electron chi connectivity index (χ1n) is 6.22. The van der Waals surface area contributed by atoms with Crippen LogP contribution in [0.5, 0.6) is 0 Å². The van der Waals surface area contributed by atoms with Crippen molar-refractivity contribution in [2.45, 2.75) is 12.5 Å². The molecule has 0 radical (unpaired) electrons. The van der Waals surface area contributed by atoms with Gasteiger partial charge in [0.25, 0.3) is 0 Å². The summed E-state index contributed by atoms with van der Waals surface area (Å²) in [7, 11) is 2.86. The quantitative estimate of drug-likeness (QED) is 0.421. The number of cyclic esters (lactones) is 1. The van der Waals surface area contributed by atoms with Crippen LogP contribution in [0.4, 0.5) is 0 Å². The average Bonchev–Trinajstić information content (AvgIpc) is 2.44. The summed E-state index contributed by atoms with van der Waals surface area (Å²) < 4.78 is 20.2. The van der Waals surface area contributed by atoms with Crippen molar-refractivity contribution in [2.75, 3.05) is 27.6 Å². The van der Waals surface area contributed by atoms with Gasteiger partial charge in [0, 0.05) is 7.11 Å². The predicted molar refractivity (Wildman–Crippen MR) is 64.0 cm³/mol. The van der Waals surface area contributed by atoms with Crippen molar-refractivity contribution < 1.29 is 28.5 Å². The molecule has 0 saturated carbocycles. The minimum Gasteiger partial charge on any atom is -0.469 e. The highest BCUT2D eigenvalue weighted by molar-refractivity contribution is 5.80. The van der Waals surface area contributed by atoms with Gasteiger partial charge in [0.1, 0.15) is 6.79 Å². The number of carbonyl (C=O) groups excluding carboxylic acids is 2. The van der Waals surface area contributed by atoms with Crippen molar-refractivity contribution in [2.24, 2.45) is 17.8 Å². The number of esters is 2. The lowest BCUT2D eigenvalue weighted by Crippen LogP contribution is -2.47. The minimum atomic E-state index is -0.474. The van der Waals surface area contributed by atoms with E-state index in [-0.39, 0.29) is 24.6 Å². The highest BCUT2D eigenvalue weighted by Gasteiger charge is 2.47. The van der Waals surface area contributed by atoms with Crippen molar-refractivity contribution >= 4 is 11.9 Å². The molecule has 0 aromatic carbocycles. The lowest BCUT2D eigenvalue weighted by atomic mass is 9.71. The molecule has 6 heteroatoms. The van der Waals surface area contributed by atoms with E-state index < -0.39 is 17.9 Å². The highest BCUT2D eigenvalue weighted by Crippen LogP contribution is 2.38. The summed E-state index contributed by atoms with van der Waals surface area (Å²) in [5.74, 6) is -1.68. The van der Waals surface area contributed by atoms with Crippen LogP contribution in [-0.4, -0.2) is 45.7 Å². The number of fused-ring (bicyclic) bond motifs is 1. The van der Waals surface area contributed by atoms with Gasteiger partial charge in [-0.25, -0.2) is 0 Å². The molecule has 1 aliphatic heterocycles. The molecule has 0 aromatic heterocycles. The second-order valence-electron chi connectivity index (χ2n) is 4.62. The molecule has 2 rings (SSSR count). The van der Waals surface area contributed by atoms with Crippen molar-refractivity contribution in [3.63, 3.8) is 0 Å². The van der Waals surface area contributed by atoms with E-state index in [9.17, 15) is 9.59 Å². The van der Waals surface area contributed by atoms with Crippen LogP contribution in [0.15, 0.2) is 12.2 Å². The summed E-state index contributed by atoms with van der Waals surface area (Å²) in [6.07, 6.45) is 3.69. The molecular weight excluding hydrogens is 252 g/mol. The Bertz CT molecular complexity index is 377. The molecule has 1 saturated heterocycles. The SMILES string of the molecule is COCO[C@@H]1C=C[C@H](C(=O)OC)[C@@H]2CCOC(=O)[C@@H]21. The van der Waals surface area contributed by atoms with E-state index in [1.54, 1.807) is 12.2 Å². The monoisotopic (exact) mass is 270 g/mol. The Hall–Kier alpha value is -1.40. The van der Waals surface area contributed by atoms with Crippen LogP contribution in [0.1, 0.15) is 6.42 Å². The molecular formula is C13H18O6. The number of hydrogen-bond donors (Lipinski definition) is 0. The van der Waals surface area contributed by atoms with Crippen LogP contribution in [0.25, 0.3) is 0 Å². The molecule has 106 valence electrons. The zero-order valence-electron chi connectivity index (χ0n) is 11.0. The van der Waals surface area contributed by atoms with Gasteiger partial charge in [-0.3, -0.25) is 9.59 Å². The fourth-order valence-electron chi connectivity index (χ4n) is 2.71. The largest absolute Gasteiger partial charge is 0.469 e. The molecule has 1 fully saturated rings. The zero-order valence-corrected chi connectivity index (χ0v) is 11.0. The molecule has 0 spiro atoms. The maximum Gasteiger partial charge on any atom is 0.312 e. The van der Waals surface area contributed by atoms with E-state index in [1.165, 1.54) is 14.2 Å². The van der Waals surface area contributed by atoms with Crippen molar-refractivity contribution in [1.82, 2.24) is 0 Å². The zero-order chi connectivity index (χ0) is 13.8. The summed E-state index contributed by atoms with van der Waals surface area (Å²) in [6, 6.07) is 0. The molecule has 6 nitrogen and oxygen atoms in total. The Balaban J connectivity index is 2.21. The minimum absolute atomic E-state index is 0.0917. The summed E-state index contributed by atoms with van der Waals surface area (Å²) in [5, 5.41) is 0. The number of ether oxygens (including phenoxy) is 4. The van der Waals surface area contributed by atoms with Gasteiger partial charge in [-0.15, -0.1) is 0 Å². The fraction of sp³-hybridized carbons (Fsp3) is 0.692. The first kappa shape index (κ1) is 14.0. The van der Waals surface area contributed by atoms with Gasteiger partial charge in [0.2, 0.25) is 0 Å². The van der Waals surface area contributed by atoms with E-state index in [2.05, 4.69) is 0 Å². The molecule has 0 N–H and O–H groups in total. The van der Waals surface area contributed by atoms with Crippen LogP contribution < -0.4 is 0 Å². The molecule has 0 bridgehead atoms. The van der Waals surface area contributed by atoms with Gasteiger partial charge in [0.05, 0.1) is 31.7 Å². The second-order valence-corrected chi connectivity index (χ2v) is 4.62. The third-order valence-corrected chi connectivity index (χ3v) is 3.60. The summed E-state index contributed by atoms with van der Waals surface area (Å²) in [6.45, 7) is 0.423. The molecule has 0 amide bonds. The van der Waals surface area contributed by atoms with Crippen molar-refractivity contribution in [3.05, 3.63) is 12.2 Å². The molecule has 19 heavy (non-hydrogen) atoms. The predicted octanol–water partition coefficient (Wildman–Crippen LogP) is 0.514. The Kier molecular flexibility index (Phi) is 4.55. The molecule has 4 atom stereocenters. The van der Waals surface area contributed by atoms with E-state index in [0.717, 1.165) is 0 Å². The van der Waals surface area contributed by atoms with Crippen LogP contribution in [0, 0.1) is 17.8 Å². The summed E-state index contributed by atoms with van der Waals surface area (Å²) >= 11 is 0. The first-order chi connectivity index (χ1) is 9.19. The Morgan fingerprint density at radius 3 is 2.89 bits per heavy atom. The number of methoxy groups -OCH3 is 2. The fourth-order valence-corrected chi connectivity index (χ4v) is 2.71. The summed E-state index contributed by atoms with van der Waals surface area (Å²) in [5.41, 5.74) is 0. The molecule has 1 heterocycles. The van der Waals surface area contributed by atoms with Crippen LogP contribution in [0.2, 0.25) is 0 Å². The van der Waals surface area contributed by atoms with Gasteiger partial charge >= 0.3 is 11.9 Å². The van der Waals surface area contributed by atoms with Gasteiger partial charge < -0.3 is 18.9 Å². The lowest BCUT2D eigenvalue weighted by molar-refractivity contribution is -0.173. The number of hydrogen-bond acceptors (Lipinski definition) is 6. The summed E-state index contributed by atoms with van der Waals surface area (Å²) in [4.78, 5) is 23.7. The van der Waals surface area contributed by atoms with Crippen LogP contribution in [-0.2, 0) is 28.5 Å². The highest BCUT2D eigenvalue weighted by atomic mass is 16.7. The van der Waals surface area contributed by atoms with Gasteiger partial charge in [0.15, 0.2) is 0 Å². The smallest absolute Gasteiger partial charge is 0.312 e. The topological polar surface area (TPSA) is 71.1 Å². The van der Waals surface area contributed by atoms with Crippen LogP contribution in [0.3, 0.4) is 0 Å². The molecule has 0 unspecified atom stereocenters.